The van der Waals surface area contributed by atoms with Crippen LogP contribution in [-0.2, 0) is 17.6 Å². The number of hydrogen-bond donors (Lipinski definition) is 1. The van der Waals surface area contributed by atoms with E-state index in [1.165, 1.54) is 0 Å². The third kappa shape index (κ3) is 4.62. The quantitative estimate of drug-likeness (QED) is 0.665. The minimum absolute atomic E-state index is 0.0619. The summed E-state index contributed by atoms with van der Waals surface area (Å²) in [6.07, 6.45) is -4.58. The molecule has 0 radical (unpaired) electrons. The van der Waals surface area contributed by atoms with Gasteiger partial charge in [-0.1, -0.05) is 6.07 Å². The van der Waals surface area contributed by atoms with Gasteiger partial charge in [0.05, 0.1) is 11.2 Å². The molecule has 18 heavy (non-hydrogen) atoms. The Kier molecular flexibility index (Phi) is 4.34. The van der Waals surface area contributed by atoms with E-state index in [4.69, 9.17) is 4.84 Å². The first-order chi connectivity index (χ1) is 8.09. The van der Waals surface area contributed by atoms with E-state index in [1.54, 1.807) is 20.8 Å². The summed E-state index contributed by atoms with van der Waals surface area (Å²) in [5, 5.41) is 0. The molecule has 0 spiro atoms. The fourth-order valence-corrected chi connectivity index (χ4v) is 1.30. The van der Waals surface area contributed by atoms with E-state index in [9.17, 15) is 17.6 Å². The van der Waals surface area contributed by atoms with E-state index in [0.29, 0.717) is 6.07 Å². The zero-order chi connectivity index (χ0) is 14.0. The molecule has 6 heteroatoms. The van der Waals surface area contributed by atoms with Gasteiger partial charge in [-0.25, -0.2) is 4.39 Å². The first-order valence-electron chi connectivity index (χ1n) is 5.36. The second-order valence-corrected chi connectivity index (χ2v) is 4.83. The second-order valence-electron chi connectivity index (χ2n) is 4.83. The molecule has 0 aromatic heterocycles. The zero-order valence-corrected chi connectivity index (χ0v) is 10.4. The van der Waals surface area contributed by atoms with Crippen molar-refractivity contribution < 1.29 is 22.4 Å². The lowest BCUT2D eigenvalue weighted by Gasteiger charge is -2.20. The van der Waals surface area contributed by atoms with Crippen molar-refractivity contribution in [2.75, 3.05) is 0 Å². The topological polar surface area (TPSA) is 21.3 Å². The summed E-state index contributed by atoms with van der Waals surface area (Å²) in [5.74, 6) is -0.914. The van der Waals surface area contributed by atoms with Crippen LogP contribution in [0, 0.1) is 5.82 Å². The Morgan fingerprint density at radius 1 is 1.17 bits per heavy atom. The molecule has 0 unspecified atom stereocenters. The average Bonchev–Trinajstić information content (AvgIpc) is 2.17. The van der Waals surface area contributed by atoms with Crippen LogP contribution in [0.4, 0.5) is 17.6 Å². The maximum Gasteiger partial charge on any atom is 0.416 e. The number of nitrogens with one attached hydrogen (secondary N) is 1. The molecule has 0 heterocycles. The summed E-state index contributed by atoms with van der Waals surface area (Å²) >= 11 is 0. The molecule has 0 bridgehead atoms. The summed E-state index contributed by atoms with van der Waals surface area (Å²) < 4.78 is 50.8. The van der Waals surface area contributed by atoms with Crippen molar-refractivity contribution in [2.24, 2.45) is 0 Å². The Morgan fingerprint density at radius 2 is 1.78 bits per heavy atom. The van der Waals surface area contributed by atoms with Gasteiger partial charge < -0.3 is 0 Å². The van der Waals surface area contributed by atoms with Crippen LogP contribution in [0.2, 0.25) is 0 Å². The standard InChI is InChI=1S/C12H15F4NO/c1-11(2,3)18-17-7-8-4-5-9(13)6-10(8)12(14,15)16/h4-6,17H,7H2,1-3H3. The van der Waals surface area contributed by atoms with Crippen molar-refractivity contribution in [1.82, 2.24) is 5.48 Å². The predicted octanol–water partition coefficient (Wildman–Crippen LogP) is 3.66. The molecule has 0 aliphatic rings. The van der Waals surface area contributed by atoms with E-state index in [-0.39, 0.29) is 12.1 Å². The minimum atomic E-state index is -4.58. The largest absolute Gasteiger partial charge is 0.416 e. The van der Waals surface area contributed by atoms with E-state index in [2.05, 4.69) is 5.48 Å². The van der Waals surface area contributed by atoms with Crippen molar-refractivity contribution in [1.29, 1.82) is 0 Å². The second kappa shape index (κ2) is 5.24. The molecule has 1 rings (SSSR count). The number of rotatable bonds is 3. The van der Waals surface area contributed by atoms with Crippen molar-refractivity contribution in [2.45, 2.75) is 39.1 Å². The Labute approximate surface area is 103 Å². The number of hydrogen-bond acceptors (Lipinski definition) is 2. The average molecular weight is 265 g/mol. The minimum Gasteiger partial charge on any atom is -0.296 e. The lowest BCUT2D eigenvalue weighted by atomic mass is 10.1. The molecule has 1 aromatic carbocycles. The summed E-state index contributed by atoms with van der Waals surface area (Å²) in [6, 6.07) is 2.56. The molecule has 0 amide bonds. The van der Waals surface area contributed by atoms with Crippen LogP contribution in [0.5, 0.6) is 0 Å². The molecule has 0 aliphatic carbocycles. The summed E-state index contributed by atoms with van der Waals surface area (Å²) in [6.45, 7) is 5.13. The van der Waals surface area contributed by atoms with Crippen molar-refractivity contribution >= 4 is 0 Å². The van der Waals surface area contributed by atoms with Crippen LogP contribution in [0.15, 0.2) is 18.2 Å². The maximum absolute atomic E-state index is 12.8. The van der Waals surface area contributed by atoms with E-state index >= 15 is 0 Å². The van der Waals surface area contributed by atoms with Gasteiger partial charge in [0.15, 0.2) is 0 Å². The molecular weight excluding hydrogens is 250 g/mol. The first-order valence-corrected chi connectivity index (χ1v) is 5.36. The number of hydroxylamine groups is 1. The third-order valence-electron chi connectivity index (χ3n) is 2.02. The van der Waals surface area contributed by atoms with Crippen LogP contribution < -0.4 is 5.48 Å². The van der Waals surface area contributed by atoms with Crippen LogP contribution in [-0.4, -0.2) is 5.60 Å². The molecule has 0 fully saturated rings. The predicted molar refractivity (Wildman–Crippen MR) is 59.1 cm³/mol. The lowest BCUT2D eigenvalue weighted by Crippen LogP contribution is -2.29. The van der Waals surface area contributed by atoms with Gasteiger partial charge in [-0.2, -0.15) is 18.7 Å². The van der Waals surface area contributed by atoms with Crippen LogP contribution >= 0.6 is 0 Å². The van der Waals surface area contributed by atoms with Crippen molar-refractivity contribution in [3.8, 4) is 0 Å². The van der Waals surface area contributed by atoms with Gasteiger partial charge in [-0.3, -0.25) is 4.84 Å². The van der Waals surface area contributed by atoms with Gasteiger partial charge in [0.25, 0.3) is 0 Å². The summed E-state index contributed by atoms with van der Waals surface area (Å²) in [4.78, 5) is 5.12. The molecule has 0 atom stereocenters. The molecular formula is C12H15F4NO. The molecule has 0 saturated heterocycles. The number of benzene rings is 1. The fourth-order valence-electron chi connectivity index (χ4n) is 1.30. The highest BCUT2D eigenvalue weighted by molar-refractivity contribution is 5.30. The lowest BCUT2D eigenvalue weighted by molar-refractivity contribution is -0.139. The van der Waals surface area contributed by atoms with Gasteiger partial charge >= 0.3 is 6.18 Å². The Bertz CT molecular complexity index is 410. The number of alkyl halides is 3. The maximum atomic E-state index is 12.8. The molecule has 0 saturated carbocycles. The Balaban J connectivity index is 2.83. The normalized spacial score (nSPS) is 12.8. The zero-order valence-electron chi connectivity index (χ0n) is 10.4. The Morgan fingerprint density at radius 3 is 2.28 bits per heavy atom. The highest BCUT2D eigenvalue weighted by Gasteiger charge is 2.33. The van der Waals surface area contributed by atoms with E-state index < -0.39 is 23.2 Å². The highest BCUT2D eigenvalue weighted by atomic mass is 19.4. The first kappa shape index (κ1) is 14.9. The van der Waals surface area contributed by atoms with Crippen molar-refractivity contribution in [3.05, 3.63) is 35.1 Å². The molecule has 0 aliphatic heterocycles. The Hall–Kier alpha value is -1.14. The highest BCUT2D eigenvalue weighted by Crippen LogP contribution is 2.32. The third-order valence-corrected chi connectivity index (χ3v) is 2.02. The van der Waals surface area contributed by atoms with Crippen LogP contribution in [0.1, 0.15) is 31.9 Å². The summed E-state index contributed by atoms with van der Waals surface area (Å²) in [7, 11) is 0. The van der Waals surface area contributed by atoms with Gasteiger partial charge in [0, 0.05) is 6.54 Å². The molecule has 1 N–H and O–H groups in total. The summed E-state index contributed by atoms with van der Waals surface area (Å²) in [5.41, 5.74) is 0.881. The van der Waals surface area contributed by atoms with Gasteiger partial charge in [-0.15, -0.1) is 0 Å². The van der Waals surface area contributed by atoms with Gasteiger partial charge in [0.1, 0.15) is 5.82 Å². The molecule has 1 aromatic rings. The number of halogens is 4. The van der Waals surface area contributed by atoms with Crippen molar-refractivity contribution in [3.63, 3.8) is 0 Å². The van der Waals surface area contributed by atoms with Gasteiger partial charge in [0.2, 0.25) is 0 Å². The van der Waals surface area contributed by atoms with Gasteiger partial charge in [-0.05, 0) is 38.5 Å². The smallest absolute Gasteiger partial charge is 0.296 e. The molecule has 2 nitrogen and oxygen atoms in total. The monoisotopic (exact) mass is 265 g/mol. The van der Waals surface area contributed by atoms with E-state index in [1.807, 2.05) is 0 Å². The van der Waals surface area contributed by atoms with E-state index in [0.717, 1.165) is 12.1 Å². The molecule has 102 valence electrons. The van der Waals surface area contributed by atoms with Crippen LogP contribution in [0.25, 0.3) is 0 Å². The van der Waals surface area contributed by atoms with Crippen LogP contribution in [0.3, 0.4) is 0 Å². The SMILES string of the molecule is CC(C)(C)ONCc1ccc(F)cc1C(F)(F)F. The fraction of sp³-hybridized carbons (Fsp3) is 0.500.